The highest BCUT2D eigenvalue weighted by Crippen LogP contribution is 2.43. The molecule has 1 N–H and O–H groups in total. The summed E-state index contributed by atoms with van der Waals surface area (Å²) in [5.41, 5.74) is -1.46. The molecule has 2 aliphatic rings. The van der Waals surface area contributed by atoms with Crippen molar-refractivity contribution < 1.29 is 31.1 Å². The van der Waals surface area contributed by atoms with Crippen molar-refractivity contribution in [2.24, 2.45) is 5.92 Å². The molecule has 0 bridgehead atoms. The quantitative estimate of drug-likeness (QED) is 0.766. The second kappa shape index (κ2) is 5.32. The fraction of sp³-hybridized carbons (Fsp3) is 0.917. The Bertz CT molecular complexity index is 407. The number of nitrogens with one attached hydrogen (secondary N) is 1. The predicted molar refractivity (Wildman–Crippen MR) is 59.1 cm³/mol. The van der Waals surface area contributed by atoms with Crippen LogP contribution in [0.4, 0.5) is 26.3 Å². The van der Waals surface area contributed by atoms with Crippen molar-refractivity contribution in [3.63, 3.8) is 0 Å². The summed E-state index contributed by atoms with van der Waals surface area (Å²) in [7, 11) is 0. The first-order valence-electron chi connectivity index (χ1n) is 6.52. The fourth-order valence-corrected chi connectivity index (χ4v) is 2.19. The Morgan fingerprint density at radius 1 is 1.05 bits per heavy atom. The van der Waals surface area contributed by atoms with E-state index in [1.54, 1.807) is 0 Å². The van der Waals surface area contributed by atoms with Crippen LogP contribution in [0.5, 0.6) is 0 Å². The maximum atomic E-state index is 12.4. The van der Waals surface area contributed by atoms with E-state index in [-0.39, 0.29) is 12.0 Å². The molecule has 2 fully saturated rings. The Kier molecular flexibility index (Phi) is 4.14. The first kappa shape index (κ1) is 16.4. The number of ether oxygens (including phenoxy) is 1. The summed E-state index contributed by atoms with van der Waals surface area (Å²) in [6, 6.07) is 1.81. The highest BCUT2D eigenvalue weighted by molar-refractivity contribution is 5.17. The number of nitrogens with zero attached hydrogens (tertiary/aromatic N) is 1. The van der Waals surface area contributed by atoms with Gasteiger partial charge in [0.1, 0.15) is 5.54 Å². The van der Waals surface area contributed by atoms with Gasteiger partial charge in [-0.05, 0) is 31.6 Å². The zero-order chi connectivity index (χ0) is 15.9. The van der Waals surface area contributed by atoms with Crippen molar-refractivity contribution in [1.29, 1.82) is 5.26 Å². The molecule has 1 unspecified atom stereocenters. The Morgan fingerprint density at radius 2 is 1.57 bits per heavy atom. The number of alkyl halides is 6. The van der Waals surface area contributed by atoms with Crippen molar-refractivity contribution in [3.8, 4) is 6.07 Å². The standard InChI is InChI=1S/C12H14F6N2O/c13-11(14,15)9(12(16,17)18)21-6-10(5-19,7-1-2-7)20-8-3-4-8/h7-9,20H,1-4,6H2. The van der Waals surface area contributed by atoms with Gasteiger partial charge in [-0.1, -0.05) is 0 Å². The molecular formula is C12H14F6N2O. The summed E-state index contributed by atoms with van der Waals surface area (Å²) in [4.78, 5) is 0. The molecule has 0 aromatic rings. The first-order chi connectivity index (χ1) is 9.58. The maximum absolute atomic E-state index is 12.4. The van der Waals surface area contributed by atoms with Crippen molar-refractivity contribution in [3.05, 3.63) is 0 Å². The fourth-order valence-electron chi connectivity index (χ4n) is 2.19. The van der Waals surface area contributed by atoms with Crippen LogP contribution >= 0.6 is 0 Å². The van der Waals surface area contributed by atoms with Crippen LogP contribution < -0.4 is 5.32 Å². The van der Waals surface area contributed by atoms with E-state index in [2.05, 4.69) is 10.1 Å². The first-order valence-corrected chi connectivity index (χ1v) is 6.52. The van der Waals surface area contributed by atoms with E-state index >= 15 is 0 Å². The smallest absolute Gasteiger partial charge is 0.358 e. The normalized spacial score (nSPS) is 23.0. The molecule has 0 amide bonds. The van der Waals surface area contributed by atoms with Crippen LogP contribution in [-0.2, 0) is 4.74 Å². The van der Waals surface area contributed by atoms with Gasteiger partial charge in [-0.3, -0.25) is 5.32 Å². The van der Waals surface area contributed by atoms with Crippen molar-refractivity contribution in [1.82, 2.24) is 5.32 Å². The monoisotopic (exact) mass is 316 g/mol. The molecule has 3 nitrogen and oxygen atoms in total. The Labute approximate surface area is 117 Å². The van der Waals surface area contributed by atoms with Gasteiger partial charge >= 0.3 is 12.4 Å². The number of nitriles is 1. The van der Waals surface area contributed by atoms with E-state index in [1.165, 1.54) is 0 Å². The van der Waals surface area contributed by atoms with Gasteiger partial charge in [0.25, 0.3) is 0 Å². The summed E-state index contributed by atoms with van der Waals surface area (Å²) < 4.78 is 78.8. The average molecular weight is 316 g/mol. The third-order valence-corrected chi connectivity index (χ3v) is 3.59. The molecule has 9 heteroatoms. The highest BCUT2D eigenvalue weighted by atomic mass is 19.4. The predicted octanol–water partition coefficient (Wildman–Crippen LogP) is 2.92. The molecule has 1 atom stereocenters. The highest BCUT2D eigenvalue weighted by Gasteiger charge is 2.59. The van der Waals surface area contributed by atoms with Gasteiger partial charge in [0.05, 0.1) is 12.7 Å². The zero-order valence-electron chi connectivity index (χ0n) is 10.9. The minimum absolute atomic E-state index is 0.0240. The molecule has 0 saturated heterocycles. The molecule has 2 aliphatic carbocycles. The molecule has 0 aromatic carbocycles. The van der Waals surface area contributed by atoms with Crippen molar-refractivity contribution in [2.45, 2.75) is 55.7 Å². The second-order valence-corrected chi connectivity index (χ2v) is 5.55. The molecule has 0 radical (unpaired) electrons. The zero-order valence-corrected chi connectivity index (χ0v) is 10.9. The Morgan fingerprint density at radius 3 is 1.90 bits per heavy atom. The number of hydrogen-bond donors (Lipinski definition) is 1. The lowest BCUT2D eigenvalue weighted by Crippen LogP contribution is -2.54. The van der Waals surface area contributed by atoms with Crippen LogP contribution in [0.1, 0.15) is 25.7 Å². The Balaban J connectivity index is 2.07. The van der Waals surface area contributed by atoms with Gasteiger partial charge in [-0.25, -0.2) is 0 Å². The van der Waals surface area contributed by atoms with Gasteiger partial charge < -0.3 is 4.74 Å². The molecular weight excluding hydrogens is 302 g/mol. The molecule has 0 aliphatic heterocycles. The lowest BCUT2D eigenvalue weighted by atomic mass is 9.95. The van der Waals surface area contributed by atoms with E-state index in [0.717, 1.165) is 12.8 Å². The summed E-state index contributed by atoms with van der Waals surface area (Å²) >= 11 is 0. The lowest BCUT2D eigenvalue weighted by Gasteiger charge is -2.31. The van der Waals surface area contributed by atoms with Crippen molar-refractivity contribution >= 4 is 0 Å². The molecule has 21 heavy (non-hydrogen) atoms. The second-order valence-electron chi connectivity index (χ2n) is 5.55. The van der Waals surface area contributed by atoms with Crippen LogP contribution in [0, 0.1) is 17.2 Å². The van der Waals surface area contributed by atoms with Crippen LogP contribution in [0.2, 0.25) is 0 Å². The SMILES string of the molecule is N#CC(COC(C(F)(F)F)C(F)(F)F)(NC1CC1)C1CC1. The minimum atomic E-state index is -5.55. The van der Waals surface area contributed by atoms with Crippen LogP contribution in [0.3, 0.4) is 0 Å². The third kappa shape index (κ3) is 4.01. The van der Waals surface area contributed by atoms with Gasteiger partial charge in [0, 0.05) is 6.04 Å². The molecule has 120 valence electrons. The van der Waals surface area contributed by atoms with E-state index in [1.807, 2.05) is 6.07 Å². The van der Waals surface area contributed by atoms with Gasteiger partial charge in [-0.15, -0.1) is 0 Å². The summed E-state index contributed by atoms with van der Waals surface area (Å²) in [5.74, 6) is -0.259. The lowest BCUT2D eigenvalue weighted by molar-refractivity contribution is -0.324. The van der Waals surface area contributed by atoms with Crippen LogP contribution in [-0.4, -0.2) is 36.6 Å². The molecule has 0 spiro atoms. The maximum Gasteiger partial charge on any atom is 0.423 e. The summed E-state index contributed by atoms with van der Waals surface area (Å²) in [6.07, 6.45) is -12.3. The summed E-state index contributed by atoms with van der Waals surface area (Å²) in [5, 5.41) is 12.1. The number of rotatable bonds is 6. The van der Waals surface area contributed by atoms with Crippen molar-refractivity contribution in [2.75, 3.05) is 6.61 Å². The largest absolute Gasteiger partial charge is 0.423 e. The molecule has 2 rings (SSSR count). The van der Waals surface area contributed by atoms with Gasteiger partial charge in [0.15, 0.2) is 0 Å². The van der Waals surface area contributed by atoms with E-state index in [9.17, 15) is 31.6 Å². The number of hydrogen-bond acceptors (Lipinski definition) is 3. The summed E-state index contributed by atoms with van der Waals surface area (Å²) in [6.45, 7) is -0.922. The van der Waals surface area contributed by atoms with Gasteiger partial charge in [-0.2, -0.15) is 31.6 Å². The topological polar surface area (TPSA) is 45.0 Å². The van der Waals surface area contributed by atoms with E-state index in [0.29, 0.717) is 12.8 Å². The van der Waals surface area contributed by atoms with E-state index in [4.69, 9.17) is 0 Å². The molecule has 0 aromatic heterocycles. The third-order valence-electron chi connectivity index (χ3n) is 3.59. The van der Waals surface area contributed by atoms with Crippen LogP contribution in [0.25, 0.3) is 0 Å². The number of halogens is 6. The molecule has 0 heterocycles. The minimum Gasteiger partial charge on any atom is -0.358 e. The molecule has 2 saturated carbocycles. The Hall–Kier alpha value is -1.01. The van der Waals surface area contributed by atoms with Crippen LogP contribution in [0.15, 0.2) is 0 Å². The van der Waals surface area contributed by atoms with E-state index < -0.39 is 30.6 Å². The van der Waals surface area contributed by atoms with Gasteiger partial charge in [0.2, 0.25) is 6.10 Å². The average Bonchev–Trinajstić information content (AvgIpc) is 3.17.